The van der Waals surface area contributed by atoms with E-state index in [4.69, 9.17) is 0 Å². The second-order valence-corrected chi connectivity index (χ2v) is 3.05. The molecule has 70 valence electrons. The minimum absolute atomic E-state index is 0.0992. The molecule has 0 unspecified atom stereocenters. The molecule has 13 heavy (non-hydrogen) atoms. The zero-order valence-electron chi connectivity index (χ0n) is 6.73. The van der Waals surface area contributed by atoms with Crippen LogP contribution in [0.3, 0.4) is 0 Å². The minimum Gasteiger partial charge on any atom is -0.307 e. The SMILES string of the molecule is FC(F)(F)c1ccccc1[C@H]1CN1. The third-order valence-electron chi connectivity index (χ3n) is 2.05. The van der Waals surface area contributed by atoms with Gasteiger partial charge >= 0.3 is 6.18 Å². The minimum atomic E-state index is -4.24. The van der Waals surface area contributed by atoms with Gasteiger partial charge in [0.1, 0.15) is 0 Å². The van der Waals surface area contributed by atoms with Crippen molar-refractivity contribution in [3.05, 3.63) is 35.4 Å². The van der Waals surface area contributed by atoms with Gasteiger partial charge in [-0.25, -0.2) is 0 Å². The van der Waals surface area contributed by atoms with Crippen LogP contribution in [-0.4, -0.2) is 6.54 Å². The maximum Gasteiger partial charge on any atom is 0.416 e. The number of nitrogens with one attached hydrogen (secondary N) is 1. The van der Waals surface area contributed by atoms with Crippen molar-refractivity contribution in [2.75, 3.05) is 6.54 Å². The average molecular weight is 187 g/mol. The third kappa shape index (κ3) is 1.67. The topological polar surface area (TPSA) is 21.9 Å². The molecule has 0 aliphatic carbocycles. The van der Waals surface area contributed by atoms with Gasteiger partial charge in [0.2, 0.25) is 0 Å². The first-order valence-electron chi connectivity index (χ1n) is 3.98. The summed E-state index contributed by atoms with van der Waals surface area (Å²) in [4.78, 5) is 0. The van der Waals surface area contributed by atoms with Gasteiger partial charge in [0.05, 0.1) is 5.56 Å². The van der Waals surface area contributed by atoms with Gasteiger partial charge in [0.25, 0.3) is 0 Å². The summed E-state index contributed by atoms with van der Waals surface area (Å²) in [6, 6.07) is 5.58. The zero-order chi connectivity index (χ0) is 9.47. The van der Waals surface area contributed by atoms with Gasteiger partial charge in [-0.05, 0) is 11.6 Å². The molecule has 0 spiro atoms. The van der Waals surface area contributed by atoms with Crippen molar-refractivity contribution >= 4 is 0 Å². The van der Waals surface area contributed by atoms with E-state index in [1.54, 1.807) is 6.07 Å². The van der Waals surface area contributed by atoms with E-state index in [9.17, 15) is 13.2 Å². The highest BCUT2D eigenvalue weighted by atomic mass is 19.4. The maximum absolute atomic E-state index is 12.4. The zero-order valence-corrected chi connectivity index (χ0v) is 6.73. The quantitative estimate of drug-likeness (QED) is 0.669. The summed E-state index contributed by atoms with van der Waals surface area (Å²) >= 11 is 0. The van der Waals surface area contributed by atoms with Gasteiger partial charge in [-0.2, -0.15) is 13.2 Å². The maximum atomic E-state index is 12.4. The van der Waals surface area contributed by atoms with Crippen molar-refractivity contribution in [1.82, 2.24) is 5.32 Å². The predicted molar refractivity (Wildman–Crippen MR) is 42.2 cm³/mol. The average Bonchev–Trinajstić information content (AvgIpc) is 2.85. The normalized spacial score (nSPS) is 21.6. The molecule has 1 aromatic carbocycles. The highest BCUT2D eigenvalue weighted by Crippen LogP contribution is 2.36. The van der Waals surface area contributed by atoms with Gasteiger partial charge in [0.15, 0.2) is 0 Å². The van der Waals surface area contributed by atoms with Gasteiger partial charge in [-0.3, -0.25) is 0 Å². The van der Waals surface area contributed by atoms with Crippen LogP contribution in [0.15, 0.2) is 24.3 Å². The van der Waals surface area contributed by atoms with Crippen LogP contribution in [0.4, 0.5) is 13.2 Å². The molecule has 1 N–H and O–H groups in total. The van der Waals surface area contributed by atoms with E-state index in [0.717, 1.165) is 6.07 Å². The summed E-state index contributed by atoms with van der Waals surface area (Å²) < 4.78 is 37.2. The number of hydrogen-bond acceptors (Lipinski definition) is 1. The van der Waals surface area contributed by atoms with E-state index < -0.39 is 11.7 Å². The second-order valence-electron chi connectivity index (χ2n) is 3.05. The van der Waals surface area contributed by atoms with Crippen LogP contribution in [0, 0.1) is 0 Å². The van der Waals surface area contributed by atoms with E-state index in [0.29, 0.717) is 12.1 Å². The molecule has 2 rings (SSSR count). The van der Waals surface area contributed by atoms with Crippen LogP contribution in [0.1, 0.15) is 17.2 Å². The molecular formula is C9H8F3N. The number of rotatable bonds is 1. The van der Waals surface area contributed by atoms with Crippen molar-refractivity contribution in [1.29, 1.82) is 0 Å². The summed E-state index contributed by atoms with van der Waals surface area (Å²) in [5, 5.41) is 2.86. The first kappa shape index (κ1) is 8.56. The molecule has 1 aromatic rings. The molecule has 0 aromatic heterocycles. The molecule has 4 heteroatoms. The summed E-state index contributed by atoms with van der Waals surface area (Å²) in [6.45, 7) is 0.646. The molecule has 0 amide bonds. The van der Waals surface area contributed by atoms with Crippen LogP contribution in [0.5, 0.6) is 0 Å². The smallest absolute Gasteiger partial charge is 0.307 e. The molecule has 1 heterocycles. The molecule has 0 bridgehead atoms. The van der Waals surface area contributed by atoms with Crippen molar-refractivity contribution in [2.24, 2.45) is 0 Å². The Morgan fingerprint density at radius 2 is 1.85 bits per heavy atom. The first-order valence-corrected chi connectivity index (χ1v) is 3.98. The highest BCUT2D eigenvalue weighted by Gasteiger charge is 2.37. The molecule has 1 nitrogen and oxygen atoms in total. The Morgan fingerprint density at radius 3 is 2.38 bits per heavy atom. The molecule has 1 fully saturated rings. The van der Waals surface area contributed by atoms with E-state index in [1.165, 1.54) is 12.1 Å². The standard InChI is InChI=1S/C9H8F3N/c10-9(11,12)7-4-2-1-3-6(7)8-5-13-8/h1-4,8,13H,5H2/t8-/m1/s1. The Hall–Kier alpha value is -1.03. The Kier molecular flexibility index (Phi) is 1.80. The van der Waals surface area contributed by atoms with Gasteiger partial charge < -0.3 is 5.32 Å². The molecule has 0 saturated carbocycles. The fourth-order valence-electron chi connectivity index (χ4n) is 1.34. The summed E-state index contributed by atoms with van der Waals surface area (Å²) in [5.41, 5.74) is -0.167. The molecule has 1 saturated heterocycles. The van der Waals surface area contributed by atoms with Crippen molar-refractivity contribution in [3.8, 4) is 0 Å². The van der Waals surface area contributed by atoms with E-state index in [2.05, 4.69) is 5.32 Å². The second kappa shape index (κ2) is 2.73. The van der Waals surface area contributed by atoms with Crippen LogP contribution >= 0.6 is 0 Å². The number of benzene rings is 1. The third-order valence-corrected chi connectivity index (χ3v) is 2.05. The van der Waals surface area contributed by atoms with E-state index in [1.807, 2.05) is 0 Å². The summed E-state index contributed by atoms with van der Waals surface area (Å²) in [6.07, 6.45) is -4.24. The Bertz CT molecular complexity index is 315. The van der Waals surface area contributed by atoms with Crippen molar-refractivity contribution < 1.29 is 13.2 Å². The van der Waals surface area contributed by atoms with Crippen LogP contribution in [0.2, 0.25) is 0 Å². The number of halogens is 3. The van der Waals surface area contributed by atoms with Gasteiger partial charge in [-0.15, -0.1) is 0 Å². The monoisotopic (exact) mass is 187 g/mol. The highest BCUT2D eigenvalue weighted by molar-refractivity contribution is 5.34. The fraction of sp³-hybridized carbons (Fsp3) is 0.333. The van der Waals surface area contributed by atoms with Crippen molar-refractivity contribution in [3.63, 3.8) is 0 Å². The lowest BCUT2D eigenvalue weighted by Crippen LogP contribution is -2.08. The Balaban J connectivity index is 2.43. The van der Waals surface area contributed by atoms with Crippen LogP contribution < -0.4 is 5.32 Å². The summed E-state index contributed by atoms with van der Waals surface area (Å²) in [5.74, 6) is 0. The molecule has 1 aliphatic rings. The molecule has 1 atom stereocenters. The lowest BCUT2D eigenvalue weighted by atomic mass is 10.0. The van der Waals surface area contributed by atoms with Gasteiger partial charge in [0, 0.05) is 12.6 Å². The largest absolute Gasteiger partial charge is 0.416 e. The number of hydrogen-bond donors (Lipinski definition) is 1. The Labute approximate surface area is 73.6 Å². The lowest BCUT2D eigenvalue weighted by molar-refractivity contribution is -0.138. The predicted octanol–water partition coefficient (Wildman–Crippen LogP) is 2.35. The van der Waals surface area contributed by atoms with E-state index >= 15 is 0 Å². The first-order chi connectivity index (χ1) is 6.09. The molecule has 0 radical (unpaired) electrons. The molecular weight excluding hydrogens is 179 g/mol. The Morgan fingerprint density at radius 1 is 1.23 bits per heavy atom. The molecule has 1 aliphatic heterocycles. The number of alkyl halides is 3. The summed E-state index contributed by atoms with van der Waals surface area (Å²) in [7, 11) is 0. The van der Waals surface area contributed by atoms with Crippen LogP contribution in [-0.2, 0) is 6.18 Å². The van der Waals surface area contributed by atoms with E-state index in [-0.39, 0.29) is 6.04 Å². The van der Waals surface area contributed by atoms with Crippen molar-refractivity contribution in [2.45, 2.75) is 12.2 Å². The van der Waals surface area contributed by atoms with Crippen LogP contribution in [0.25, 0.3) is 0 Å². The lowest BCUT2D eigenvalue weighted by Gasteiger charge is -2.10. The van der Waals surface area contributed by atoms with Gasteiger partial charge in [-0.1, -0.05) is 18.2 Å². The fourth-order valence-corrected chi connectivity index (χ4v) is 1.34.